The van der Waals surface area contributed by atoms with Crippen molar-refractivity contribution in [1.29, 1.82) is 0 Å². The molecule has 0 spiro atoms. The summed E-state index contributed by atoms with van der Waals surface area (Å²) in [7, 11) is 0. The highest BCUT2D eigenvalue weighted by atomic mass is 35.5. The zero-order chi connectivity index (χ0) is 22.9. The van der Waals surface area contributed by atoms with Crippen LogP contribution in [0.25, 0.3) is 26.5 Å². The monoisotopic (exact) mass is 472 g/mol. The minimum Gasteiger partial charge on any atom is -0.320 e. The Bertz CT molecular complexity index is 1540. The smallest absolute Gasteiger partial charge is 0.280 e. The summed E-state index contributed by atoms with van der Waals surface area (Å²) in [6.07, 6.45) is 1.51. The van der Waals surface area contributed by atoms with Gasteiger partial charge in [0.25, 0.3) is 5.91 Å². The maximum Gasteiger partial charge on any atom is 0.280 e. The van der Waals surface area contributed by atoms with Crippen LogP contribution >= 0.6 is 22.9 Å². The van der Waals surface area contributed by atoms with Crippen LogP contribution in [0.3, 0.4) is 0 Å². The first-order valence-corrected chi connectivity index (χ1v) is 11.3. The summed E-state index contributed by atoms with van der Waals surface area (Å²) in [4.78, 5) is 29.7. The van der Waals surface area contributed by atoms with E-state index >= 15 is 0 Å². The molecule has 8 heteroatoms. The van der Waals surface area contributed by atoms with E-state index < -0.39 is 11.3 Å². The number of thiazole rings is 1. The van der Waals surface area contributed by atoms with Gasteiger partial charge in [-0.05, 0) is 73.2 Å². The topological polar surface area (TPSA) is 76.9 Å². The van der Waals surface area contributed by atoms with Crippen LogP contribution in [0, 0.1) is 6.92 Å². The van der Waals surface area contributed by atoms with Crippen molar-refractivity contribution in [3.63, 3.8) is 0 Å². The molecule has 0 aliphatic heterocycles. The molecule has 2 aromatic heterocycles. The van der Waals surface area contributed by atoms with E-state index in [1.807, 2.05) is 24.3 Å². The fourth-order valence-electron chi connectivity index (χ4n) is 3.34. The molecule has 162 valence electrons. The van der Waals surface area contributed by atoms with E-state index in [9.17, 15) is 9.59 Å². The number of carbonyl (C=O) groups is 1. The fraction of sp³-hybridized carbons (Fsp3) is 0.0400. The summed E-state index contributed by atoms with van der Waals surface area (Å²) in [5, 5.41) is 8.44. The number of aromatic nitrogens is 3. The first-order valence-electron chi connectivity index (χ1n) is 10.1. The molecule has 0 aliphatic rings. The normalized spacial score (nSPS) is 11.0. The quantitative estimate of drug-likeness (QED) is 0.362. The molecule has 3 aromatic carbocycles. The lowest BCUT2D eigenvalue weighted by molar-refractivity contribution is 0.101. The average Bonchev–Trinajstić information content (AvgIpc) is 3.23. The van der Waals surface area contributed by atoms with Crippen LogP contribution in [0.1, 0.15) is 16.1 Å². The minimum atomic E-state index is -0.577. The van der Waals surface area contributed by atoms with E-state index in [0.717, 1.165) is 20.8 Å². The van der Waals surface area contributed by atoms with E-state index in [1.54, 1.807) is 47.7 Å². The first-order chi connectivity index (χ1) is 16.0. The largest absolute Gasteiger partial charge is 0.320 e. The molecule has 5 rings (SSSR count). The van der Waals surface area contributed by atoms with Gasteiger partial charge in [0, 0.05) is 28.5 Å². The van der Waals surface area contributed by atoms with Crippen LogP contribution in [-0.2, 0) is 0 Å². The molecule has 0 fully saturated rings. The lowest BCUT2D eigenvalue weighted by Gasteiger charge is -2.08. The molecular weight excluding hydrogens is 456 g/mol. The van der Waals surface area contributed by atoms with Gasteiger partial charge < -0.3 is 5.32 Å². The van der Waals surface area contributed by atoms with Gasteiger partial charge in [0.2, 0.25) is 5.43 Å². The maximum atomic E-state index is 12.8. The number of hydrogen-bond acceptors (Lipinski definition) is 5. The van der Waals surface area contributed by atoms with Crippen molar-refractivity contribution in [3.05, 3.63) is 105 Å². The summed E-state index contributed by atoms with van der Waals surface area (Å²) in [6, 6.07) is 21.8. The van der Waals surface area contributed by atoms with Gasteiger partial charge in [0.15, 0.2) is 5.69 Å². The number of fused-ring (bicyclic) bond motifs is 1. The van der Waals surface area contributed by atoms with E-state index in [4.69, 9.17) is 11.6 Å². The average molecular weight is 473 g/mol. The molecule has 5 aromatic rings. The number of halogens is 1. The number of hydrogen-bond donors (Lipinski definition) is 1. The summed E-state index contributed by atoms with van der Waals surface area (Å²) in [5.41, 5.74) is 3.70. The van der Waals surface area contributed by atoms with E-state index in [2.05, 4.69) is 28.4 Å². The number of rotatable bonds is 4. The third kappa shape index (κ3) is 4.41. The summed E-state index contributed by atoms with van der Waals surface area (Å²) in [5.74, 6) is -0.577. The lowest BCUT2D eigenvalue weighted by Crippen LogP contribution is -2.25. The molecule has 0 atom stereocenters. The first kappa shape index (κ1) is 21.1. The Balaban J connectivity index is 1.37. The van der Waals surface area contributed by atoms with Crippen molar-refractivity contribution in [2.75, 3.05) is 5.32 Å². The summed E-state index contributed by atoms with van der Waals surface area (Å²) >= 11 is 7.55. The summed E-state index contributed by atoms with van der Waals surface area (Å²) < 4.78 is 2.60. The molecule has 6 nitrogen and oxygen atoms in total. The Morgan fingerprint density at radius 2 is 1.76 bits per heavy atom. The van der Waals surface area contributed by atoms with Crippen molar-refractivity contribution in [2.45, 2.75) is 6.92 Å². The molecule has 0 aliphatic carbocycles. The Morgan fingerprint density at radius 1 is 1.00 bits per heavy atom. The Hall–Kier alpha value is -3.81. The van der Waals surface area contributed by atoms with Gasteiger partial charge in [-0.25, -0.2) is 9.67 Å². The lowest BCUT2D eigenvalue weighted by atomic mass is 10.2. The standard InChI is InChI=1S/C25H17ClN4O2S/c1-15-2-11-20-22(14-15)33-25(28-20)16-3-7-18(8-4-16)27-24(32)23-21(31)12-13-30(29-23)19-9-5-17(26)6-10-19/h2-14H,1H3,(H,27,32). The third-order valence-corrected chi connectivity index (χ3v) is 6.37. The minimum absolute atomic E-state index is 0.196. The van der Waals surface area contributed by atoms with Gasteiger partial charge in [0.1, 0.15) is 5.01 Å². The van der Waals surface area contributed by atoms with E-state index in [-0.39, 0.29) is 5.69 Å². The predicted octanol–water partition coefficient (Wildman–Crippen LogP) is 5.72. The van der Waals surface area contributed by atoms with Crippen LogP contribution in [0.15, 0.2) is 83.8 Å². The zero-order valence-electron chi connectivity index (χ0n) is 17.4. The number of anilines is 1. The highest BCUT2D eigenvalue weighted by Crippen LogP contribution is 2.31. The molecule has 0 saturated carbocycles. The number of nitrogens with one attached hydrogen (secondary N) is 1. The second kappa shape index (κ2) is 8.61. The number of carbonyl (C=O) groups excluding carboxylic acids is 1. The van der Waals surface area contributed by atoms with Gasteiger partial charge in [-0.15, -0.1) is 11.3 Å². The van der Waals surface area contributed by atoms with Gasteiger partial charge in [-0.2, -0.15) is 5.10 Å². The van der Waals surface area contributed by atoms with Gasteiger partial charge in [-0.1, -0.05) is 17.7 Å². The Labute approximate surface area is 198 Å². The van der Waals surface area contributed by atoms with Crippen molar-refractivity contribution in [1.82, 2.24) is 14.8 Å². The number of amides is 1. The fourth-order valence-corrected chi connectivity index (χ4v) is 4.54. The van der Waals surface area contributed by atoms with Gasteiger partial charge in [-0.3, -0.25) is 9.59 Å². The third-order valence-electron chi connectivity index (χ3n) is 5.05. The Morgan fingerprint density at radius 3 is 2.52 bits per heavy atom. The van der Waals surface area contributed by atoms with E-state index in [1.165, 1.54) is 22.5 Å². The molecule has 1 amide bonds. The molecular formula is C25H17ClN4O2S. The maximum absolute atomic E-state index is 12.8. The number of nitrogens with zero attached hydrogens (tertiary/aromatic N) is 3. The van der Waals surface area contributed by atoms with Gasteiger partial charge >= 0.3 is 0 Å². The highest BCUT2D eigenvalue weighted by Gasteiger charge is 2.14. The van der Waals surface area contributed by atoms with Crippen molar-refractivity contribution < 1.29 is 4.79 Å². The molecule has 0 radical (unpaired) electrons. The molecule has 1 N–H and O–H groups in total. The van der Waals surface area contributed by atoms with Crippen molar-refractivity contribution in [3.8, 4) is 16.3 Å². The second-order valence-electron chi connectivity index (χ2n) is 7.47. The SMILES string of the molecule is Cc1ccc2nc(-c3ccc(NC(=O)c4nn(-c5ccc(Cl)cc5)ccc4=O)cc3)sc2c1. The number of benzene rings is 3. The van der Waals surface area contributed by atoms with E-state index in [0.29, 0.717) is 16.4 Å². The van der Waals surface area contributed by atoms with Crippen molar-refractivity contribution >= 4 is 44.7 Å². The summed E-state index contributed by atoms with van der Waals surface area (Å²) in [6.45, 7) is 2.06. The zero-order valence-corrected chi connectivity index (χ0v) is 19.0. The molecule has 33 heavy (non-hydrogen) atoms. The molecule has 0 unspecified atom stereocenters. The molecule has 0 saturated heterocycles. The van der Waals surface area contributed by atoms with Crippen LogP contribution in [0.5, 0.6) is 0 Å². The van der Waals surface area contributed by atoms with Gasteiger partial charge in [0.05, 0.1) is 15.9 Å². The van der Waals surface area contributed by atoms with Crippen LogP contribution in [0.4, 0.5) is 5.69 Å². The van der Waals surface area contributed by atoms with Crippen LogP contribution in [0.2, 0.25) is 5.02 Å². The highest BCUT2D eigenvalue weighted by molar-refractivity contribution is 7.21. The van der Waals surface area contributed by atoms with Crippen LogP contribution < -0.4 is 10.7 Å². The van der Waals surface area contributed by atoms with Crippen molar-refractivity contribution in [2.24, 2.45) is 0 Å². The molecule has 0 bridgehead atoms. The van der Waals surface area contributed by atoms with Crippen LogP contribution in [-0.4, -0.2) is 20.7 Å². The number of aryl methyl sites for hydroxylation is 1. The predicted molar refractivity (Wildman–Crippen MR) is 133 cm³/mol. The molecule has 2 heterocycles. The Kier molecular flexibility index (Phi) is 5.50. The second-order valence-corrected chi connectivity index (χ2v) is 8.94.